The van der Waals surface area contributed by atoms with Crippen molar-refractivity contribution in [2.45, 2.75) is 43.6 Å². The summed E-state index contributed by atoms with van der Waals surface area (Å²) in [6.07, 6.45) is 0.481. The average molecular weight is 418 g/mol. The second-order valence-corrected chi connectivity index (χ2v) is 8.15. The highest BCUT2D eigenvalue weighted by molar-refractivity contribution is 5.94. The first-order valence-electron chi connectivity index (χ1n) is 10.7. The average Bonchev–Trinajstić information content (AvgIpc) is 2.77. The summed E-state index contributed by atoms with van der Waals surface area (Å²) in [6, 6.07) is 8.91. The Morgan fingerprint density at radius 1 is 1.03 bits per heavy atom. The van der Waals surface area contributed by atoms with E-state index in [1.165, 1.54) is 0 Å². The molecule has 8 nitrogen and oxygen atoms in total. The Kier molecular flexibility index (Phi) is 6.99. The lowest BCUT2D eigenvalue weighted by Gasteiger charge is -2.44. The third-order valence-electron chi connectivity index (χ3n) is 6.03. The second-order valence-electron chi connectivity index (χ2n) is 8.15. The molecule has 3 fully saturated rings. The number of benzene rings is 1. The first-order valence-corrected chi connectivity index (χ1v) is 10.7. The fourth-order valence-corrected chi connectivity index (χ4v) is 4.46. The number of fused-ring (bicyclic) bond motifs is 1. The van der Waals surface area contributed by atoms with E-state index in [0.29, 0.717) is 57.7 Å². The molecule has 1 N–H and O–H groups in total. The molecule has 0 spiro atoms. The third kappa shape index (κ3) is 5.00. The highest BCUT2D eigenvalue weighted by atomic mass is 16.5. The van der Waals surface area contributed by atoms with Gasteiger partial charge in [0.15, 0.2) is 0 Å². The highest BCUT2D eigenvalue weighted by Crippen LogP contribution is 2.29. The lowest BCUT2D eigenvalue weighted by atomic mass is 9.94. The molecule has 0 aliphatic carbocycles. The topological polar surface area (TPSA) is 88.5 Å². The van der Waals surface area contributed by atoms with Gasteiger partial charge in [0, 0.05) is 25.2 Å². The predicted octanol–water partition coefficient (Wildman–Crippen LogP) is 0.685. The van der Waals surface area contributed by atoms with Crippen LogP contribution in [-0.4, -0.2) is 97.1 Å². The number of β-amino-alcohol motifs (C(OH)–C–C–N with tert-alkyl or cyclic N) is 1. The monoisotopic (exact) mass is 418 g/mol. The van der Waals surface area contributed by atoms with E-state index in [4.69, 9.17) is 14.2 Å². The maximum atomic E-state index is 13.2. The maximum Gasteiger partial charge on any atom is 0.254 e. The van der Waals surface area contributed by atoms with E-state index >= 15 is 0 Å². The van der Waals surface area contributed by atoms with Crippen molar-refractivity contribution in [2.75, 3.05) is 46.1 Å². The van der Waals surface area contributed by atoms with E-state index in [1.807, 2.05) is 23.1 Å². The number of aliphatic hydroxyl groups is 1. The number of aliphatic hydroxyl groups excluding tert-OH is 1. The molecule has 3 saturated heterocycles. The van der Waals surface area contributed by atoms with Crippen LogP contribution in [0.3, 0.4) is 0 Å². The molecule has 0 saturated carbocycles. The molecule has 164 valence electrons. The molecule has 2 amide bonds. The van der Waals surface area contributed by atoms with Gasteiger partial charge in [-0.15, -0.1) is 0 Å². The molecule has 0 aromatic heterocycles. The van der Waals surface area contributed by atoms with Crippen LogP contribution in [0.2, 0.25) is 0 Å². The fourth-order valence-electron chi connectivity index (χ4n) is 4.46. The zero-order valence-corrected chi connectivity index (χ0v) is 17.2. The van der Waals surface area contributed by atoms with Gasteiger partial charge in [-0.1, -0.05) is 18.2 Å². The summed E-state index contributed by atoms with van der Waals surface area (Å²) in [5, 5.41) is 10.3. The lowest BCUT2D eigenvalue weighted by molar-refractivity contribution is -0.156. The van der Waals surface area contributed by atoms with Gasteiger partial charge >= 0.3 is 0 Å². The number of hydrogen-bond donors (Lipinski definition) is 1. The Hall–Kier alpha value is -2.00. The van der Waals surface area contributed by atoms with E-state index in [1.54, 1.807) is 17.0 Å². The molecular weight excluding hydrogens is 388 g/mol. The van der Waals surface area contributed by atoms with Crippen molar-refractivity contribution in [3.63, 3.8) is 0 Å². The SMILES string of the molecule is O=C(C[C@H]1CC[C@H]2[C@@H](COC[C@@H](O)CN2C(=O)c2ccccc2)O1)N1CCOCC1. The van der Waals surface area contributed by atoms with Crippen molar-refractivity contribution >= 4 is 11.8 Å². The number of carbonyl (C=O) groups is 2. The summed E-state index contributed by atoms with van der Waals surface area (Å²) < 4.78 is 17.2. The summed E-state index contributed by atoms with van der Waals surface area (Å²) in [7, 11) is 0. The molecule has 4 rings (SSSR count). The van der Waals surface area contributed by atoms with Gasteiger partial charge in [-0.2, -0.15) is 0 Å². The number of hydrogen-bond acceptors (Lipinski definition) is 6. The van der Waals surface area contributed by atoms with Crippen LogP contribution in [0.25, 0.3) is 0 Å². The molecule has 4 atom stereocenters. The fraction of sp³-hybridized carbons (Fsp3) is 0.636. The van der Waals surface area contributed by atoms with Crippen LogP contribution in [0.5, 0.6) is 0 Å². The molecule has 30 heavy (non-hydrogen) atoms. The van der Waals surface area contributed by atoms with Crippen LogP contribution in [-0.2, 0) is 19.0 Å². The molecule has 3 aliphatic rings. The Bertz CT molecular complexity index is 724. The zero-order chi connectivity index (χ0) is 20.9. The van der Waals surface area contributed by atoms with Crippen LogP contribution in [0.15, 0.2) is 30.3 Å². The number of rotatable bonds is 3. The van der Waals surface area contributed by atoms with Crippen molar-refractivity contribution in [1.29, 1.82) is 0 Å². The van der Waals surface area contributed by atoms with Gasteiger partial charge in [0.2, 0.25) is 5.91 Å². The van der Waals surface area contributed by atoms with E-state index in [-0.39, 0.29) is 43.2 Å². The molecule has 3 aliphatic heterocycles. The molecule has 8 heteroatoms. The predicted molar refractivity (Wildman–Crippen MR) is 108 cm³/mol. The first kappa shape index (κ1) is 21.2. The minimum atomic E-state index is -0.737. The molecule has 0 unspecified atom stereocenters. The minimum Gasteiger partial charge on any atom is -0.389 e. The quantitative estimate of drug-likeness (QED) is 0.777. The van der Waals surface area contributed by atoms with Gasteiger partial charge in [0.05, 0.1) is 51.1 Å². The smallest absolute Gasteiger partial charge is 0.254 e. The van der Waals surface area contributed by atoms with Crippen LogP contribution < -0.4 is 0 Å². The van der Waals surface area contributed by atoms with Crippen molar-refractivity contribution in [2.24, 2.45) is 0 Å². The normalized spacial score (nSPS) is 30.2. The number of morpholine rings is 1. The molecule has 0 radical (unpaired) electrons. The van der Waals surface area contributed by atoms with E-state index in [0.717, 1.165) is 0 Å². The molecule has 1 aromatic rings. The zero-order valence-electron chi connectivity index (χ0n) is 17.2. The molecule has 3 heterocycles. The Balaban J connectivity index is 1.43. The van der Waals surface area contributed by atoms with E-state index in [2.05, 4.69) is 0 Å². The van der Waals surface area contributed by atoms with Crippen LogP contribution in [0.4, 0.5) is 0 Å². The minimum absolute atomic E-state index is 0.0844. The standard InChI is InChI=1S/C22H30N2O6/c25-17-13-24(22(27)16-4-2-1-3-5-16)19-7-6-18(30-20(19)15-29-14-17)12-21(26)23-8-10-28-11-9-23/h1-5,17-20,25H,6-15H2/t17-,18+,19-,20+/m0/s1. The number of carbonyl (C=O) groups excluding carboxylic acids is 2. The van der Waals surface area contributed by atoms with Crippen molar-refractivity contribution in [1.82, 2.24) is 9.80 Å². The van der Waals surface area contributed by atoms with Crippen LogP contribution >= 0.6 is 0 Å². The number of ether oxygens (including phenoxy) is 3. The second kappa shape index (κ2) is 9.87. The Morgan fingerprint density at radius 3 is 2.57 bits per heavy atom. The van der Waals surface area contributed by atoms with Gasteiger partial charge in [0.25, 0.3) is 5.91 Å². The molecule has 0 bridgehead atoms. The van der Waals surface area contributed by atoms with Gasteiger partial charge < -0.3 is 29.1 Å². The van der Waals surface area contributed by atoms with Gasteiger partial charge in [-0.05, 0) is 25.0 Å². The van der Waals surface area contributed by atoms with Gasteiger partial charge in [0.1, 0.15) is 6.10 Å². The number of amides is 2. The summed E-state index contributed by atoms with van der Waals surface area (Å²) in [4.78, 5) is 29.3. The van der Waals surface area contributed by atoms with Gasteiger partial charge in [-0.25, -0.2) is 0 Å². The Morgan fingerprint density at radius 2 is 1.80 bits per heavy atom. The third-order valence-corrected chi connectivity index (χ3v) is 6.03. The highest BCUT2D eigenvalue weighted by Gasteiger charge is 2.40. The van der Waals surface area contributed by atoms with Crippen molar-refractivity contribution < 1.29 is 28.9 Å². The largest absolute Gasteiger partial charge is 0.389 e. The van der Waals surface area contributed by atoms with E-state index in [9.17, 15) is 14.7 Å². The van der Waals surface area contributed by atoms with Crippen molar-refractivity contribution in [3.8, 4) is 0 Å². The molecule has 1 aromatic carbocycles. The van der Waals surface area contributed by atoms with Crippen LogP contribution in [0, 0.1) is 0 Å². The summed E-state index contributed by atoms with van der Waals surface area (Å²) >= 11 is 0. The first-order chi connectivity index (χ1) is 14.6. The summed E-state index contributed by atoms with van der Waals surface area (Å²) in [6.45, 7) is 3.06. The summed E-state index contributed by atoms with van der Waals surface area (Å²) in [5.41, 5.74) is 0.592. The summed E-state index contributed by atoms with van der Waals surface area (Å²) in [5.74, 6) is -0.0286. The lowest BCUT2D eigenvalue weighted by Crippen LogP contribution is -2.57. The van der Waals surface area contributed by atoms with Gasteiger partial charge in [-0.3, -0.25) is 9.59 Å². The number of nitrogens with zero attached hydrogens (tertiary/aromatic N) is 2. The van der Waals surface area contributed by atoms with Crippen LogP contribution in [0.1, 0.15) is 29.6 Å². The van der Waals surface area contributed by atoms with E-state index < -0.39 is 6.10 Å². The molecular formula is C22H30N2O6. The maximum absolute atomic E-state index is 13.2. The van der Waals surface area contributed by atoms with Crippen molar-refractivity contribution in [3.05, 3.63) is 35.9 Å². The Labute approximate surface area is 176 Å².